The second-order valence-corrected chi connectivity index (χ2v) is 7.48. The van der Waals surface area contributed by atoms with Gasteiger partial charge in [-0.05, 0) is 49.7 Å². The van der Waals surface area contributed by atoms with Gasteiger partial charge >= 0.3 is 0 Å². The van der Waals surface area contributed by atoms with E-state index in [2.05, 4.69) is 15.7 Å². The first kappa shape index (κ1) is 17.8. The molecule has 0 aliphatic rings. The number of benzene rings is 2. The summed E-state index contributed by atoms with van der Waals surface area (Å²) in [6.07, 6.45) is 0. The Balaban J connectivity index is 2.00. The van der Waals surface area contributed by atoms with E-state index >= 15 is 0 Å². The Morgan fingerprint density at radius 3 is 2.52 bits per heavy atom. The van der Waals surface area contributed by atoms with Crippen molar-refractivity contribution in [3.63, 3.8) is 0 Å². The molecule has 0 atom stereocenters. The van der Waals surface area contributed by atoms with Crippen molar-refractivity contribution < 1.29 is 8.42 Å². The molecular weight excluding hydrogens is 332 g/mol. The number of hydrogen-bond donors (Lipinski definition) is 1. The fourth-order valence-corrected chi connectivity index (χ4v) is 3.65. The Morgan fingerprint density at radius 2 is 1.87 bits per heavy atom. The zero-order chi connectivity index (χ0) is 16.9. The first-order valence-electron chi connectivity index (χ1n) is 7.49. The molecule has 2 rings (SSSR count). The average Bonchev–Trinajstić information content (AvgIpc) is 2.51. The Morgan fingerprint density at radius 1 is 1.13 bits per heavy atom. The summed E-state index contributed by atoms with van der Waals surface area (Å²) in [6, 6.07) is 14.4. The van der Waals surface area contributed by atoms with Crippen LogP contribution < -0.4 is 9.62 Å². The highest BCUT2D eigenvalue weighted by Crippen LogP contribution is 2.16. The fourth-order valence-electron chi connectivity index (χ4n) is 2.33. The quantitative estimate of drug-likeness (QED) is 0.830. The van der Waals surface area contributed by atoms with Crippen LogP contribution in [0.5, 0.6) is 0 Å². The lowest BCUT2D eigenvalue weighted by molar-refractivity contribution is 0.581. The van der Waals surface area contributed by atoms with Crippen LogP contribution in [0.3, 0.4) is 0 Å². The molecule has 2 aromatic rings. The third-order valence-electron chi connectivity index (χ3n) is 3.53. The van der Waals surface area contributed by atoms with Crippen LogP contribution in [0.4, 0.5) is 5.69 Å². The highest BCUT2D eigenvalue weighted by Gasteiger charge is 2.14. The standard InChI is InChI=1S/C17H21ClN2O2S/c1-3-20(16-8-4-6-14(2)12-16)11-10-19-23(21,22)17-9-5-7-15(18)13-17/h4-9,12-13,19H,3,10-11H2,1-2H3. The summed E-state index contributed by atoms with van der Waals surface area (Å²) in [5, 5.41) is 0.405. The normalized spacial score (nSPS) is 11.4. The van der Waals surface area contributed by atoms with Crippen molar-refractivity contribution in [2.75, 3.05) is 24.5 Å². The smallest absolute Gasteiger partial charge is 0.240 e. The topological polar surface area (TPSA) is 49.4 Å². The van der Waals surface area contributed by atoms with Crippen molar-refractivity contribution in [1.82, 2.24) is 4.72 Å². The zero-order valence-electron chi connectivity index (χ0n) is 13.3. The molecule has 0 fully saturated rings. The van der Waals surface area contributed by atoms with Crippen LogP contribution in [0, 0.1) is 6.92 Å². The molecule has 0 saturated carbocycles. The lowest BCUT2D eigenvalue weighted by Gasteiger charge is -2.23. The Kier molecular flexibility index (Phi) is 6.04. The van der Waals surface area contributed by atoms with Crippen molar-refractivity contribution in [2.45, 2.75) is 18.7 Å². The van der Waals surface area contributed by atoms with Crippen LogP contribution in [0.1, 0.15) is 12.5 Å². The van der Waals surface area contributed by atoms with Crippen LogP contribution in [-0.4, -0.2) is 28.1 Å². The minimum absolute atomic E-state index is 0.184. The van der Waals surface area contributed by atoms with E-state index in [1.54, 1.807) is 12.1 Å². The van der Waals surface area contributed by atoms with Gasteiger partial charge in [0.05, 0.1) is 4.90 Å². The molecule has 0 aromatic heterocycles. The van der Waals surface area contributed by atoms with E-state index in [0.717, 1.165) is 12.2 Å². The van der Waals surface area contributed by atoms with Crippen molar-refractivity contribution in [2.24, 2.45) is 0 Å². The monoisotopic (exact) mass is 352 g/mol. The maximum absolute atomic E-state index is 12.3. The summed E-state index contributed by atoms with van der Waals surface area (Å²) >= 11 is 5.85. The molecule has 2 aromatic carbocycles. The summed E-state index contributed by atoms with van der Waals surface area (Å²) in [6.45, 7) is 5.83. The minimum atomic E-state index is -3.54. The second kappa shape index (κ2) is 7.81. The summed E-state index contributed by atoms with van der Waals surface area (Å²) in [4.78, 5) is 2.32. The number of anilines is 1. The van der Waals surface area contributed by atoms with Crippen molar-refractivity contribution in [3.05, 3.63) is 59.1 Å². The Labute approximate surface area is 143 Å². The Bertz CT molecular complexity index is 763. The van der Waals surface area contributed by atoms with Gasteiger partial charge in [0.2, 0.25) is 10.0 Å². The number of sulfonamides is 1. The Hall–Kier alpha value is -1.56. The summed E-state index contributed by atoms with van der Waals surface area (Å²) in [7, 11) is -3.54. The molecule has 0 aliphatic carbocycles. The van der Waals surface area contributed by atoms with E-state index in [1.807, 2.05) is 32.0 Å². The van der Waals surface area contributed by atoms with E-state index in [4.69, 9.17) is 11.6 Å². The highest BCUT2D eigenvalue weighted by molar-refractivity contribution is 7.89. The predicted molar refractivity (Wildman–Crippen MR) is 95.7 cm³/mol. The number of nitrogens with zero attached hydrogens (tertiary/aromatic N) is 1. The number of aryl methyl sites for hydroxylation is 1. The minimum Gasteiger partial charge on any atom is -0.370 e. The molecule has 0 unspecified atom stereocenters. The molecule has 0 spiro atoms. The van der Waals surface area contributed by atoms with Crippen LogP contribution in [0.15, 0.2) is 53.4 Å². The van der Waals surface area contributed by atoms with Crippen LogP contribution in [-0.2, 0) is 10.0 Å². The number of likely N-dealkylation sites (N-methyl/N-ethyl adjacent to an activating group) is 1. The van der Waals surface area contributed by atoms with Gasteiger partial charge in [0.25, 0.3) is 0 Å². The van der Waals surface area contributed by atoms with Gasteiger partial charge in [-0.15, -0.1) is 0 Å². The van der Waals surface area contributed by atoms with E-state index < -0.39 is 10.0 Å². The van der Waals surface area contributed by atoms with Gasteiger partial charge in [0, 0.05) is 30.3 Å². The molecule has 1 N–H and O–H groups in total. The van der Waals surface area contributed by atoms with E-state index in [-0.39, 0.29) is 4.90 Å². The maximum atomic E-state index is 12.3. The lowest BCUT2D eigenvalue weighted by atomic mass is 10.2. The molecule has 23 heavy (non-hydrogen) atoms. The summed E-state index contributed by atoms with van der Waals surface area (Å²) < 4.78 is 27.1. The van der Waals surface area contributed by atoms with Crippen molar-refractivity contribution in [1.29, 1.82) is 0 Å². The van der Waals surface area contributed by atoms with E-state index in [0.29, 0.717) is 18.1 Å². The molecule has 0 bridgehead atoms. The van der Waals surface area contributed by atoms with Crippen LogP contribution >= 0.6 is 11.6 Å². The first-order valence-corrected chi connectivity index (χ1v) is 9.35. The lowest BCUT2D eigenvalue weighted by Crippen LogP contribution is -2.35. The maximum Gasteiger partial charge on any atom is 0.240 e. The average molecular weight is 353 g/mol. The van der Waals surface area contributed by atoms with Crippen molar-refractivity contribution >= 4 is 27.3 Å². The third kappa shape index (κ3) is 4.96. The van der Waals surface area contributed by atoms with Gasteiger partial charge in [0.15, 0.2) is 0 Å². The van der Waals surface area contributed by atoms with Gasteiger partial charge in [-0.1, -0.05) is 29.8 Å². The number of hydrogen-bond acceptors (Lipinski definition) is 3. The van der Waals surface area contributed by atoms with Crippen molar-refractivity contribution in [3.8, 4) is 0 Å². The molecular formula is C17H21ClN2O2S. The zero-order valence-corrected chi connectivity index (χ0v) is 14.9. The van der Waals surface area contributed by atoms with Crippen LogP contribution in [0.25, 0.3) is 0 Å². The second-order valence-electron chi connectivity index (χ2n) is 5.27. The molecule has 6 heteroatoms. The van der Waals surface area contributed by atoms with Gasteiger partial charge in [-0.3, -0.25) is 0 Å². The SMILES string of the molecule is CCN(CCNS(=O)(=O)c1cccc(Cl)c1)c1cccc(C)c1. The molecule has 0 heterocycles. The fraction of sp³-hybridized carbons (Fsp3) is 0.294. The van der Waals surface area contributed by atoms with E-state index in [1.165, 1.54) is 17.7 Å². The molecule has 124 valence electrons. The first-order chi connectivity index (χ1) is 10.9. The number of rotatable bonds is 7. The van der Waals surface area contributed by atoms with Gasteiger partial charge in [-0.25, -0.2) is 13.1 Å². The van der Waals surface area contributed by atoms with Gasteiger partial charge in [0.1, 0.15) is 0 Å². The predicted octanol–water partition coefficient (Wildman–Crippen LogP) is 3.45. The van der Waals surface area contributed by atoms with Gasteiger partial charge in [-0.2, -0.15) is 0 Å². The summed E-state index contributed by atoms with van der Waals surface area (Å²) in [5.41, 5.74) is 2.27. The molecule has 0 radical (unpaired) electrons. The number of halogens is 1. The molecule has 0 saturated heterocycles. The number of nitrogens with one attached hydrogen (secondary N) is 1. The van der Waals surface area contributed by atoms with E-state index in [9.17, 15) is 8.42 Å². The van der Waals surface area contributed by atoms with Crippen LogP contribution in [0.2, 0.25) is 5.02 Å². The van der Waals surface area contributed by atoms with Gasteiger partial charge < -0.3 is 4.90 Å². The molecule has 0 amide bonds. The molecule has 4 nitrogen and oxygen atoms in total. The highest BCUT2D eigenvalue weighted by atomic mass is 35.5. The summed E-state index contributed by atoms with van der Waals surface area (Å²) in [5.74, 6) is 0. The largest absolute Gasteiger partial charge is 0.370 e. The molecule has 0 aliphatic heterocycles. The third-order valence-corrected chi connectivity index (χ3v) is 5.22.